The van der Waals surface area contributed by atoms with Gasteiger partial charge in [-0.25, -0.2) is 17.1 Å². The maximum Gasteiger partial charge on any atom is 0.247 e. The lowest BCUT2D eigenvalue weighted by Gasteiger charge is -2.31. The van der Waals surface area contributed by atoms with Crippen LogP contribution in [0.3, 0.4) is 0 Å². The second-order valence-electron chi connectivity index (χ2n) is 7.64. The van der Waals surface area contributed by atoms with Crippen LogP contribution in [0.1, 0.15) is 50.8 Å². The maximum absolute atomic E-state index is 13.4. The van der Waals surface area contributed by atoms with Gasteiger partial charge in [0, 0.05) is 24.6 Å². The molecule has 1 saturated heterocycles. The Kier molecular flexibility index (Phi) is 4.80. The van der Waals surface area contributed by atoms with Gasteiger partial charge in [-0.15, -0.1) is 10.2 Å². The molecule has 4 rings (SSSR count). The summed E-state index contributed by atoms with van der Waals surface area (Å²) in [5.74, 6) is 0.975. The summed E-state index contributed by atoms with van der Waals surface area (Å²) in [4.78, 5) is 0. The minimum atomic E-state index is -3.14. The molecule has 1 aliphatic heterocycles. The number of hydrogen-bond donors (Lipinski definition) is 0. The number of benzene rings is 1. The van der Waals surface area contributed by atoms with Crippen LogP contribution >= 0.6 is 0 Å². The Bertz CT molecular complexity index is 920. The smallest absolute Gasteiger partial charge is 0.247 e. The number of rotatable bonds is 6. The van der Waals surface area contributed by atoms with E-state index in [1.807, 2.05) is 6.92 Å². The van der Waals surface area contributed by atoms with Gasteiger partial charge in [-0.1, -0.05) is 19.4 Å². The second-order valence-corrected chi connectivity index (χ2v) is 9.73. The summed E-state index contributed by atoms with van der Waals surface area (Å²) in [6.07, 6.45) is 4.17. The van der Waals surface area contributed by atoms with E-state index in [9.17, 15) is 12.8 Å². The molecule has 0 amide bonds. The summed E-state index contributed by atoms with van der Waals surface area (Å²) in [5, 5.41) is 8.24. The second kappa shape index (κ2) is 6.98. The van der Waals surface area contributed by atoms with Crippen LogP contribution in [-0.2, 0) is 10.0 Å². The molecule has 146 valence electrons. The van der Waals surface area contributed by atoms with E-state index in [1.54, 1.807) is 16.4 Å². The summed E-state index contributed by atoms with van der Waals surface area (Å²) >= 11 is 0. The molecule has 2 fully saturated rings. The molecule has 27 heavy (non-hydrogen) atoms. The first-order valence-corrected chi connectivity index (χ1v) is 11.1. The Morgan fingerprint density at radius 1 is 1.30 bits per heavy atom. The largest absolute Gasteiger partial charge is 0.420 e. The first-order valence-electron chi connectivity index (χ1n) is 9.51. The number of piperidine rings is 1. The van der Waals surface area contributed by atoms with Gasteiger partial charge < -0.3 is 4.42 Å². The molecular formula is C19H24FN3O3S. The normalized spacial score (nSPS) is 22.2. The monoisotopic (exact) mass is 393 g/mol. The van der Waals surface area contributed by atoms with Crippen molar-refractivity contribution in [2.45, 2.75) is 44.9 Å². The number of nitrogens with zero attached hydrogens (tertiary/aromatic N) is 3. The Morgan fingerprint density at radius 3 is 2.78 bits per heavy atom. The molecule has 1 saturated carbocycles. The fraction of sp³-hybridized carbons (Fsp3) is 0.579. The maximum atomic E-state index is 13.4. The van der Waals surface area contributed by atoms with Crippen molar-refractivity contribution in [1.82, 2.24) is 14.5 Å². The highest BCUT2D eigenvalue weighted by molar-refractivity contribution is 7.89. The first-order chi connectivity index (χ1) is 12.9. The lowest BCUT2D eigenvalue weighted by molar-refractivity contribution is 0.246. The van der Waals surface area contributed by atoms with E-state index in [-0.39, 0.29) is 22.9 Å². The highest BCUT2D eigenvalue weighted by Gasteiger charge is 2.58. The molecule has 6 nitrogen and oxygen atoms in total. The van der Waals surface area contributed by atoms with Crippen LogP contribution in [0.2, 0.25) is 0 Å². The van der Waals surface area contributed by atoms with Crippen molar-refractivity contribution in [1.29, 1.82) is 0 Å². The molecule has 0 N–H and O–H groups in total. The highest BCUT2D eigenvalue weighted by atomic mass is 32.2. The van der Waals surface area contributed by atoms with Crippen LogP contribution in [0.5, 0.6) is 0 Å². The van der Waals surface area contributed by atoms with Crippen LogP contribution in [-0.4, -0.2) is 41.8 Å². The van der Waals surface area contributed by atoms with Crippen molar-refractivity contribution in [2.24, 2.45) is 5.41 Å². The standard InChI is InChI=1S/C19H24FN3O3S/c1-2-3-11-27(24,25)23-9-7-19(8-10-23)13-16(19)18-22-21-17(26-18)14-5-4-6-15(20)12-14/h4-6,12,16H,2-3,7-11,13H2,1H3/t16-/m1/s1. The van der Waals surface area contributed by atoms with E-state index >= 15 is 0 Å². The zero-order valence-corrected chi connectivity index (χ0v) is 16.2. The minimum absolute atomic E-state index is 0.0719. The van der Waals surface area contributed by atoms with Crippen LogP contribution in [0.4, 0.5) is 4.39 Å². The van der Waals surface area contributed by atoms with E-state index in [0.29, 0.717) is 36.9 Å². The molecule has 1 spiro atoms. The van der Waals surface area contributed by atoms with Crippen molar-refractivity contribution in [3.63, 3.8) is 0 Å². The number of hydrogen-bond acceptors (Lipinski definition) is 5. The predicted molar refractivity (Wildman–Crippen MR) is 99.0 cm³/mol. The van der Waals surface area contributed by atoms with Crippen molar-refractivity contribution in [3.05, 3.63) is 36.0 Å². The Hall–Kier alpha value is -1.80. The van der Waals surface area contributed by atoms with E-state index in [2.05, 4.69) is 10.2 Å². The van der Waals surface area contributed by atoms with Crippen LogP contribution in [0, 0.1) is 11.2 Å². The summed E-state index contributed by atoms with van der Waals surface area (Å²) < 4.78 is 45.6. The summed E-state index contributed by atoms with van der Waals surface area (Å²) in [5.41, 5.74) is 0.642. The number of unbranched alkanes of at least 4 members (excludes halogenated alkanes) is 1. The molecule has 2 heterocycles. The quantitative estimate of drug-likeness (QED) is 0.750. The predicted octanol–water partition coefficient (Wildman–Crippen LogP) is 3.58. The third-order valence-electron chi connectivity index (χ3n) is 5.87. The van der Waals surface area contributed by atoms with Crippen LogP contribution in [0.25, 0.3) is 11.5 Å². The highest BCUT2D eigenvalue weighted by Crippen LogP contribution is 2.64. The summed E-state index contributed by atoms with van der Waals surface area (Å²) in [7, 11) is -3.14. The molecule has 2 aliphatic rings. The number of halogens is 1. The van der Waals surface area contributed by atoms with Crippen LogP contribution in [0.15, 0.2) is 28.7 Å². The van der Waals surface area contributed by atoms with Crippen LogP contribution < -0.4 is 0 Å². The van der Waals surface area contributed by atoms with Gasteiger partial charge in [0.25, 0.3) is 0 Å². The molecule has 0 bridgehead atoms. The van der Waals surface area contributed by atoms with Crippen molar-refractivity contribution < 1.29 is 17.2 Å². The number of sulfonamides is 1. The van der Waals surface area contributed by atoms with E-state index in [4.69, 9.17) is 4.42 Å². The average Bonchev–Trinajstić information content (AvgIpc) is 3.13. The van der Waals surface area contributed by atoms with Gasteiger partial charge in [-0.05, 0) is 49.3 Å². The van der Waals surface area contributed by atoms with Gasteiger partial charge in [0.15, 0.2) is 0 Å². The molecule has 0 unspecified atom stereocenters. The molecule has 1 atom stereocenters. The molecular weight excluding hydrogens is 369 g/mol. The van der Waals surface area contributed by atoms with Crippen molar-refractivity contribution in [3.8, 4) is 11.5 Å². The van der Waals surface area contributed by atoms with Gasteiger partial charge in [-0.2, -0.15) is 0 Å². The summed E-state index contributed by atoms with van der Waals surface area (Å²) in [6, 6.07) is 6.10. The summed E-state index contributed by atoms with van der Waals surface area (Å²) in [6.45, 7) is 3.12. The lowest BCUT2D eigenvalue weighted by atomic mass is 9.92. The fourth-order valence-corrected chi connectivity index (χ4v) is 5.68. The van der Waals surface area contributed by atoms with E-state index < -0.39 is 10.0 Å². The zero-order valence-electron chi connectivity index (χ0n) is 15.4. The minimum Gasteiger partial charge on any atom is -0.420 e. The SMILES string of the molecule is CCCCS(=O)(=O)N1CCC2(CC1)C[C@@H]2c1nnc(-c2cccc(F)c2)o1. The topological polar surface area (TPSA) is 76.3 Å². The number of aromatic nitrogens is 2. The fourth-order valence-electron chi connectivity index (χ4n) is 4.03. The molecule has 8 heteroatoms. The Balaban J connectivity index is 1.41. The zero-order chi connectivity index (χ0) is 19.1. The van der Waals surface area contributed by atoms with Crippen molar-refractivity contribution in [2.75, 3.05) is 18.8 Å². The third kappa shape index (κ3) is 3.65. The molecule has 1 aromatic heterocycles. The molecule has 0 radical (unpaired) electrons. The van der Waals surface area contributed by atoms with E-state index in [0.717, 1.165) is 25.7 Å². The molecule has 1 aromatic carbocycles. The Morgan fingerprint density at radius 2 is 2.07 bits per heavy atom. The van der Waals surface area contributed by atoms with Gasteiger partial charge in [-0.3, -0.25) is 0 Å². The Labute approximate surface area is 158 Å². The average molecular weight is 393 g/mol. The van der Waals surface area contributed by atoms with Gasteiger partial charge in [0.05, 0.1) is 5.75 Å². The van der Waals surface area contributed by atoms with Gasteiger partial charge >= 0.3 is 0 Å². The lowest BCUT2D eigenvalue weighted by Crippen LogP contribution is -2.40. The van der Waals surface area contributed by atoms with Gasteiger partial charge in [0.2, 0.25) is 21.8 Å². The molecule has 2 aromatic rings. The first kappa shape index (κ1) is 18.6. The third-order valence-corrected chi connectivity index (χ3v) is 7.82. The van der Waals surface area contributed by atoms with E-state index in [1.165, 1.54) is 12.1 Å². The van der Waals surface area contributed by atoms with Gasteiger partial charge in [0.1, 0.15) is 5.82 Å². The van der Waals surface area contributed by atoms with Crippen molar-refractivity contribution >= 4 is 10.0 Å². The molecule has 1 aliphatic carbocycles.